The first-order chi connectivity index (χ1) is 14.4. The van der Waals surface area contributed by atoms with Gasteiger partial charge in [-0.3, -0.25) is 19.7 Å². The number of amides is 2. The number of carbonyl (C=O) groups is 2. The second-order valence-electron chi connectivity index (χ2n) is 6.16. The van der Waals surface area contributed by atoms with Gasteiger partial charge in [-0.25, -0.2) is 0 Å². The lowest BCUT2D eigenvalue weighted by Gasteiger charge is -2.12. The van der Waals surface area contributed by atoms with Crippen LogP contribution in [0, 0.1) is 10.1 Å². The molecular formula is C22H16ClN3O4. The number of non-ortho nitro benzene ring substituents is 1. The lowest BCUT2D eigenvalue weighted by atomic mass is 10.1. The Morgan fingerprint density at radius 1 is 0.933 bits per heavy atom. The van der Waals surface area contributed by atoms with Gasteiger partial charge in [-0.2, -0.15) is 0 Å². The van der Waals surface area contributed by atoms with Gasteiger partial charge in [0.2, 0.25) is 0 Å². The van der Waals surface area contributed by atoms with Crippen molar-refractivity contribution >= 4 is 40.9 Å². The molecule has 0 fully saturated rings. The third kappa shape index (κ3) is 5.30. The maximum absolute atomic E-state index is 12.8. The number of carbonyl (C=O) groups excluding carboxylic acids is 2. The van der Waals surface area contributed by atoms with Crippen molar-refractivity contribution in [1.82, 2.24) is 5.32 Å². The Kier molecular flexibility index (Phi) is 6.56. The molecule has 0 unspecified atom stereocenters. The molecule has 3 rings (SSSR count). The molecule has 3 aromatic rings. The zero-order valence-corrected chi connectivity index (χ0v) is 16.3. The van der Waals surface area contributed by atoms with Crippen LogP contribution in [0.2, 0.25) is 5.02 Å². The van der Waals surface area contributed by atoms with Gasteiger partial charge < -0.3 is 10.6 Å². The first kappa shape index (κ1) is 20.8. The smallest absolute Gasteiger partial charge is 0.272 e. The molecule has 0 aliphatic heterocycles. The SMILES string of the molecule is O=C(Nc1ccccc1)/C(=C\c1cccc([N+](=O)[O-])c1)NC(=O)c1ccccc1Cl. The van der Waals surface area contributed by atoms with Crippen molar-refractivity contribution in [2.45, 2.75) is 0 Å². The molecule has 0 aliphatic carbocycles. The summed E-state index contributed by atoms with van der Waals surface area (Å²) in [4.78, 5) is 36.0. The molecule has 0 radical (unpaired) electrons. The van der Waals surface area contributed by atoms with Crippen molar-refractivity contribution in [3.05, 3.63) is 111 Å². The first-order valence-electron chi connectivity index (χ1n) is 8.82. The molecule has 30 heavy (non-hydrogen) atoms. The standard InChI is InChI=1S/C22H16ClN3O4/c23-19-12-5-4-11-18(19)21(27)25-20(22(28)24-16-8-2-1-3-9-16)14-15-7-6-10-17(13-15)26(29)30/h1-14H,(H,24,28)(H,25,27)/b20-14+. The van der Waals surface area contributed by atoms with E-state index in [-0.39, 0.29) is 22.0 Å². The molecule has 2 N–H and O–H groups in total. The maximum Gasteiger partial charge on any atom is 0.272 e. The van der Waals surface area contributed by atoms with Gasteiger partial charge in [0, 0.05) is 17.8 Å². The van der Waals surface area contributed by atoms with Crippen LogP contribution in [0.5, 0.6) is 0 Å². The fraction of sp³-hybridized carbons (Fsp3) is 0. The Hall–Kier alpha value is -3.97. The molecule has 2 amide bonds. The molecule has 0 aliphatic rings. The van der Waals surface area contributed by atoms with Gasteiger partial charge >= 0.3 is 0 Å². The van der Waals surface area contributed by atoms with Crippen LogP contribution in [0.1, 0.15) is 15.9 Å². The number of para-hydroxylation sites is 1. The Balaban J connectivity index is 1.94. The molecule has 0 atom stereocenters. The number of nitro groups is 1. The minimum absolute atomic E-state index is 0.0933. The van der Waals surface area contributed by atoms with E-state index in [4.69, 9.17) is 11.6 Å². The van der Waals surface area contributed by atoms with Gasteiger partial charge in [0.1, 0.15) is 5.70 Å². The van der Waals surface area contributed by atoms with Gasteiger partial charge in [-0.1, -0.05) is 54.1 Å². The number of hydrogen-bond donors (Lipinski definition) is 2. The summed E-state index contributed by atoms with van der Waals surface area (Å²) < 4.78 is 0. The van der Waals surface area contributed by atoms with Crippen LogP contribution in [0.25, 0.3) is 6.08 Å². The fourth-order valence-corrected chi connectivity index (χ4v) is 2.83. The summed E-state index contributed by atoms with van der Waals surface area (Å²) in [6.07, 6.45) is 1.36. The van der Waals surface area contributed by atoms with Crippen LogP contribution in [0.4, 0.5) is 11.4 Å². The minimum atomic E-state index is -0.590. The molecule has 0 bridgehead atoms. The predicted molar refractivity (Wildman–Crippen MR) is 115 cm³/mol. The largest absolute Gasteiger partial charge is 0.321 e. The van der Waals surface area contributed by atoms with Gasteiger partial charge in [-0.15, -0.1) is 0 Å². The normalized spacial score (nSPS) is 10.9. The number of rotatable bonds is 6. The number of benzene rings is 3. The summed E-state index contributed by atoms with van der Waals surface area (Å²) in [5.41, 5.74) is 0.867. The average molecular weight is 422 g/mol. The van der Waals surface area contributed by atoms with E-state index < -0.39 is 16.7 Å². The van der Waals surface area contributed by atoms with Gasteiger partial charge in [0.25, 0.3) is 17.5 Å². The summed E-state index contributed by atoms with van der Waals surface area (Å²) in [5.74, 6) is -1.17. The molecule has 7 nitrogen and oxygen atoms in total. The Bertz CT molecular complexity index is 1130. The summed E-state index contributed by atoms with van der Waals surface area (Å²) >= 11 is 6.07. The highest BCUT2D eigenvalue weighted by Crippen LogP contribution is 2.18. The van der Waals surface area contributed by atoms with Gasteiger partial charge in [0.05, 0.1) is 15.5 Å². The summed E-state index contributed by atoms with van der Waals surface area (Å²) in [6, 6.07) is 20.8. The van der Waals surface area contributed by atoms with E-state index in [0.717, 1.165) is 0 Å². The number of anilines is 1. The molecule has 0 heterocycles. The number of nitrogens with one attached hydrogen (secondary N) is 2. The monoisotopic (exact) mass is 421 g/mol. The van der Waals surface area contributed by atoms with Crippen LogP contribution >= 0.6 is 11.6 Å². The molecule has 150 valence electrons. The van der Waals surface area contributed by atoms with Crippen molar-refractivity contribution in [3.8, 4) is 0 Å². The van der Waals surface area contributed by atoms with E-state index in [1.807, 2.05) is 0 Å². The number of hydrogen-bond acceptors (Lipinski definition) is 4. The highest BCUT2D eigenvalue weighted by Gasteiger charge is 2.17. The molecular weight excluding hydrogens is 406 g/mol. The van der Waals surface area contributed by atoms with Crippen molar-refractivity contribution in [1.29, 1.82) is 0 Å². The molecule has 0 spiro atoms. The zero-order valence-electron chi connectivity index (χ0n) is 15.5. The van der Waals surface area contributed by atoms with E-state index >= 15 is 0 Å². The summed E-state index contributed by atoms with van der Waals surface area (Å²) in [5, 5.41) is 16.5. The van der Waals surface area contributed by atoms with Crippen molar-refractivity contribution in [2.75, 3.05) is 5.32 Å². The van der Waals surface area contributed by atoms with E-state index in [2.05, 4.69) is 10.6 Å². The first-order valence-corrected chi connectivity index (χ1v) is 9.20. The molecule has 8 heteroatoms. The minimum Gasteiger partial charge on any atom is -0.321 e. The van der Waals surface area contributed by atoms with E-state index in [0.29, 0.717) is 11.3 Å². The van der Waals surface area contributed by atoms with E-state index in [1.165, 1.54) is 30.3 Å². The molecule has 0 saturated heterocycles. The molecule has 0 saturated carbocycles. The molecule has 0 aromatic heterocycles. The quantitative estimate of drug-likeness (QED) is 0.343. The van der Waals surface area contributed by atoms with Crippen molar-refractivity contribution < 1.29 is 14.5 Å². The second kappa shape index (κ2) is 9.49. The van der Waals surface area contributed by atoms with Crippen LogP contribution < -0.4 is 10.6 Å². The predicted octanol–water partition coefficient (Wildman–Crippen LogP) is 4.66. The van der Waals surface area contributed by atoms with Crippen LogP contribution in [-0.4, -0.2) is 16.7 Å². The van der Waals surface area contributed by atoms with Crippen molar-refractivity contribution in [3.63, 3.8) is 0 Å². The number of nitro benzene ring substituents is 1. The van der Waals surface area contributed by atoms with Crippen LogP contribution in [0.3, 0.4) is 0 Å². The van der Waals surface area contributed by atoms with Gasteiger partial charge in [-0.05, 0) is 35.9 Å². The van der Waals surface area contributed by atoms with Crippen molar-refractivity contribution in [2.24, 2.45) is 0 Å². The lowest BCUT2D eigenvalue weighted by Crippen LogP contribution is -2.30. The average Bonchev–Trinajstić information content (AvgIpc) is 2.74. The topological polar surface area (TPSA) is 101 Å². The number of nitrogens with zero attached hydrogens (tertiary/aromatic N) is 1. The number of halogens is 1. The van der Waals surface area contributed by atoms with Gasteiger partial charge in [0.15, 0.2) is 0 Å². The lowest BCUT2D eigenvalue weighted by molar-refractivity contribution is -0.384. The second-order valence-corrected chi connectivity index (χ2v) is 6.57. The van der Waals surface area contributed by atoms with E-state index in [9.17, 15) is 19.7 Å². The maximum atomic E-state index is 12.8. The Morgan fingerprint density at radius 3 is 2.33 bits per heavy atom. The zero-order chi connectivity index (χ0) is 21.5. The Labute approximate surface area is 177 Å². The third-order valence-corrected chi connectivity index (χ3v) is 4.36. The Morgan fingerprint density at radius 2 is 1.63 bits per heavy atom. The molecule has 3 aromatic carbocycles. The van der Waals surface area contributed by atoms with E-state index in [1.54, 1.807) is 54.6 Å². The highest BCUT2D eigenvalue weighted by molar-refractivity contribution is 6.34. The summed E-state index contributed by atoms with van der Waals surface area (Å²) in [6.45, 7) is 0. The fourth-order valence-electron chi connectivity index (χ4n) is 2.61. The van der Waals surface area contributed by atoms with Crippen LogP contribution in [0.15, 0.2) is 84.6 Å². The highest BCUT2D eigenvalue weighted by atomic mass is 35.5. The summed E-state index contributed by atoms with van der Waals surface area (Å²) in [7, 11) is 0. The van der Waals surface area contributed by atoms with Crippen LogP contribution in [-0.2, 0) is 4.79 Å². The third-order valence-electron chi connectivity index (χ3n) is 4.03.